The average molecular weight is 271 g/mol. The van der Waals surface area contributed by atoms with E-state index in [0.29, 0.717) is 5.82 Å². The van der Waals surface area contributed by atoms with Gasteiger partial charge in [0, 0.05) is 25.4 Å². The maximum atomic E-state index is 12.2. The summed E-state index contributed by atoms with van der Waals surface area (Å²) in [5, 5.41) is 2.82. The molecule has 0 bridgehead atoms. The van der Waals surface area contributed by atoms with E-state index in [0.717, 1.165) is 0 Å². The molecular formula is C12H21N3O2S. The third-order valence-corrected chi connectivity index (χ3v) is 4.47. The van der Waals surface area contributed by atoms with Gasteiger partial charge < -0.3 is 5.32 Å². The predicted molar refractivity (Wildman–Crippen MR) is 73.0 cm³/mol. The predicted octanol–water partition coefficient (Wildman–Crippen LogP) is 1.84. The molecule has 1 aromatic rings. The van der Waals surface area contributed by atoms with Crippen LogP contribution in [0.5, 0.6) is 0 Å². The molecule has 6 heteroatoms. The molecule has 0 fully saturated rings. The van der Waals surface area contributed by atoms with Gasteiger partial charge in [0.25, 0.3) is 0 Å². The summed E-state index contributed by atoms with van der Waals surface area (Å²) in [5.74, 6) is 0.529. The monoisotopic (exact) mass is 271 g/mol. The summed E-state index contributed by atoms with van der Waals surface area (Å²) in [7, 11) is -1.81. The Morgan fingerprint density at radius 1 is 1.33 bits per heavy atom. The molecule has 0 spiro atoms. The van der Waals surface area contributed by atoms with Crippen molar-refractivity contribution in [3.8, 4) is 0 Å². The summed E-state index contributed by atoms with van der Waals surface area (Å²) in [6.45, 7) is 7.83. The minimum atomic E-state index is -3.51. The minimum Gasteiger partial charge on any atom is -0.373 e. The standard InChI is InChI=1S/C12H21N3O2S/c1-9(12(2,3)4)15-18(16,17)10-6-7-14-11(8-10)13-5/h6-9,15H,1-5H3,(H,13,14). The molecule has 1 atom stereocenters. The summed E-state index contributed by atoms with van der Waals surface area (Å²) >= 11 is 0. The normalized spacial score (nSPS) is 14.3. The number of sulfonamides is 1. The molecule has 102 valence electrons. The summed E-state index contributed by atoms with van der Waals surface area (Å²) in [6.07, 6.45) is 1.47. The fourth-order valence-corrected chi connectivity index (χ4v) is 2.65. The van der Waals surface area contributed by atoms with Crippen LogP contribution >= 0.6 is 0 Å². The lowest BCUT2D eigenvalue weighted by atomic mass is 9.89. The molecule has 0 aromatic carbocycles. The Labute approximate surface area is 109 Å². The topological polar surface area (TPSA) is 71.1 Å². The Balaban J connectivity index is 3.00. The van der Waals surface area contributed by atoms with Crippen molar-refractivity contribution in [1.29, 1.82) is 0 Å². The van der Waals surface area contributed by atoms with Crippen molar-refractivity contribution >= 4 is 15.8 Å². The Bertz CT molecular complexity index is 506. The van der Waals surface area contributed by atoms with Gasteiger partial charge in [-0.15, -0.1) is 0 Å². The number of hydrogen-bond donors (Lipinski definition) is 2. The van der Waals surface area contributed by atoms with Gasteiger partial charge in [-0.1, -0.05) is 20.8 Å². The lowest BCUT2D eigenvalue weighted by molar-refractivity contribution is 0.317. The van der Waals surface area contributed by atoms with Gasteiger partial charge >= 0.3 is 0 Å². The third-order valence-electron chi connectivity index (χ3n) is 2.93. The minimum absolute atomic E-state index is 0.133. The van der Waals surface area contributed by atoms with Crippen LogP contribution < -0.4 is 10.0 Å². The fraction of sp³-hybridized carbons (Fsp3) is 0.583. The number of pyridine rings is 1. The maximum absolute atomic E-state index is 12.2. The summed E-state index contributed by atoms with van der Waals surface area (Å²) in [4.78, 5) is 4.22. The highest BCUT2D eigenvalue weighted by atomic mass is 32.2. The first kappa shape index (κ1) is 14.9. The number of hydrogen-bond acceptors (Lipinski definition) is 4. The van der Waals surface area contributed by atoms with Gasteiger partial charge in [0.05, 0.1) is 4.90 Å². The van der Waals surface area contributed by atoms with Gasteiger partial charge in [0.1, 0.15) is 5.82 Å². The second kappa shape index (κ2) is 5.24. The number of anilines is 1. The molecule has 0 amide bonds. The van der Waals surface area contributed by atoms with Crippen molar-refractivity contribution in [3.05, 3.63) is 18.3 Å². The molecule has 0 saturated heterocycles. The Hall–Kier alpha value is -1.14. The SMILES string of the molecule is CNc1cc(S(=O)(=O)NC(C)C(C)(C)C)ccn1. The molecule has 1 heterocycles. The van der Waals surface area contributed by atoms with E-state index in [2.05, 4.69) is 15.0 Å². The molecule has 1 aromatic heterocycles. The van der Waals surface area contributed by atoms with Gasteiger partial charge in [-0.25, -0.2) is 18.1 Å². The molecule has 18 heavy (non-hydrogen) atoms. The first-order chi connectivity index (χ1) is 8.16. The molecule has 0 saturated carbocycles. The Kier molecular flexibility index (Phi) is 4.34. The van der Waals surface area contributed by atoms with E-state index in [9.17, 15) is 8.42 Å². The van der Waals surface area contributed by atoms with E-state index in [1.54, 1.807) is 7.05 Å². The zero-order valence-electron chi connectivity index (χ0n) is 11.5. The van der Waals surface area contributed by atoms with E-state index >= 15 is 0 Å². The van der Waals surface area contributed by atoms with Crippen LogP contribution in [0.4, 0.5) is 5.82 Å². The molecule has 2 N–H and O–H groups in total. The second-order valence-corrected chi connectivity index (χ2v) is 7.05. The van der Waals surface area contributed by atoms with Crippen molar-refractivity contribution in [3.63, 3.8) is 0 Å². The van der Waals surface area contributed by atoms with Gasteiger partial charge in [-0.3, -0.25) is 0 Å². The Morgan fingerprint density at radius 3 is 2.44 bits per heavy atom. The lowest BCUT2D eigenvalue weighted by Gasteiger charge is -2.27. The van der Waals surface area contributed by atoms with Crippen LogP contribution in [-0.4, -0.2) is 26.5 Å². The van der Waals surface area contributed by atoms with Crippen molar-refractivity contribution in [1.82, 2.24) is 9.71 Å². The molecule has 1 unspecified atom stereocenters. The van der Waals surface area contributed by atoms with Crippen LogP contribution in [0, 0.1) is 5.41 Å². The number of aromatic nitrogens is 1. The highest BCUT2D eigenvalue weighted by molar-refractivity contribution is 7.89. The van der Waals surface area contributed by atoms with Crippen LogP contribution in [0.2, 0.25) is 0 Å². The van der Waals surface area contributed by atoms with Gasteiger partial charge in [0.2, 0.25) is 10.0 Å². The van der Waals surface area contributed by atoms with Gasteiger partial charge in [-0.2, -0.15) is 0 Å². The van der Waals surface area contributed by atoms with Crippen LogP contribution in [-0.2, 0) is 10.0 Å². The molecular weight excluding hydrogens is 250 g/mol. The number of rotatable bonds is 4. The van der Waals surface area contributed by atoms with Crippen molar-refractivity contribution in [2.24, 2.45) is 5.41 Å². The number of nitrogens with zero attached hydrogens (tertiary/aromatic N) is 1. The van der Waals surface area contributed by atoms with Crippen molar-refractivity contribution < 1.29 is 8.42 Å². The quantitative estimate of drug-likeness (QED) is 0.876. The molecule has 0 radical (unpaired) electrons. The largest absolute Gasteiger partial charge is 0.373 e. The van der Waals surface area contributed by atoms with Crippen molar-refractivity contribution in [2.75, 3.05) is 12.4 Å². The smallest absolute Gasteiger partial charge is 0.241 e. The Morgan fingerprint density at radius 2 is 1.94 bits per heavy atom. The fourth-order valence-electron chi connectivity index (χ4n) is 1.19. The second-order valence-electron chi connectivity index (χ2n) is 5.34. The summed E-state index contributed by atoms with van der Waals surface area (Å²) in [6, 6.07) is 2.84. The summed E-state index contributed by atoms with van der Waals surface area (Å²) < 4.78 is 27.1. The van der Waals surface area contributed by atoms with Gasteiger partial charge in [0.15, 0.2) is 0 Å². The van der Waals surface area contributed by atoms with E-state index in [1.807, 2.05) is 27.7 Å². The maximum Gasteiger partial charge on any atom is 0.241 e. The molecule has 0 aliphatic rings. The van der Waals surface area contributed by atoms with Crippen molar-refractivity contribution in [2.45, 2.75) is 38.6 Å². The van der Waals surface area contributed by atoms with Crippen LogP contribution in [0.1, 0.15) is 27.7 Å². The summed E-state index contributed by atoms with van der Waals surface area (Å²) in [5.41, 5.74) is -0.133. The molecule has 1 rings (SSSR count). The average Bonchev–Trinajstić information content (AvgIpc) is 2.27. The molecule has 5 nitrogen and oxygen atoms in total. The van der Waals surface area contributed by atoms with E-state index in [4.69, 9.17) is 0 Å². The van der Waals surface area contributed by atoms with E-state index in [-0.39, 0.29) is 16.4 Å². The zero-order valence-corrected chi connectivity index (χ0v) is 12.3. The van der Waals surface area contributed by atoms with E-state index in [1.165, 1.54) is 18.3 Å². The molecule has 0 aliphatic heterocycles. The third kappa shape index (κ3) is 3.68. The first-order valence-electron chi connectivity index (χ1n) is 5.83. The first-order valence-corrected chi connectivity index (χ1v) is 7.31. The van der Waals surface area contributed by atoms with Crippen LogP contribution in [0.25, 0.3) is 0 Å². The van der Waals surface area contributed by atoms with E-state index < -0.39 is 10.0 Å². The lowest BCUT2D eigenvalue weighted by Crippen LogP contribution is -2.41. The van der Waals surface area contributed by atoms with Crippen LogP contribution in [0.15, 0.2) is 23.2 Å². The zero-order chi connectivity index (χ0) is 14.0. The molecule has 0 aliphatic carbocycles. The number of nitrogens with one attached hydrogen (secondary N) is 2. The highest BCUT2D eigenvalue weighted by Gasteiger charge is 2.26. The highest BCUT2D eigenvalue weighted by Crippen LogP contribution is 2.21. The van der Waals surface area contributed by atoms with Crippen LogP contribution in [0.3, 0.4) is 0 Å². The van der Waals surface area contributed by atoms with Gasteiger partial charge in [-0.05, 0) is 18.4 Å².